The van der Waals surface area contributed by atoms with E-state index < -0.39 is 0 Å². The van der Waals surface area contributed by atoms with E-state index in [0.717, 1.165) is 6.54 Å². The van der Waals surface area contributed by atoms with Gasteiger partial charge < -0.3 is 0 Å². The van der Waals surface area contributed by atoms with E-state index in [1.165, 1.54) is 5.69 Å². The summed E-state index contributed by atoms with van der Waals surface area (Å²) in [4.78, 5) is 0. The summed E-state index contributed by atoms with van der Waals surface area (Å²) in [6.45, 7) is 3.11. The van der Waals surface area contributed by atoms with E-state index in [1.54, 1.807) is 0 Å². The van der Waals surface area contributed by atoms with Crippen LogP contribution in [0.1, 0.15) is 6.92 Å². The molecular weight excluding hydrogens is 283 g/mol. The molecule has 0 fully saturated rings. The Morgan fingerprint density at radius 1 is 1.30 bits per heavy atom. The van der Waals surface area contributed by atoms with Crippen LogP contribution in [0.3, 0.4) is 0 Å². The molecule has 0 aromatic heterocycles. The minimum absolute atomic E-state index is 0.998. The van der Waals surface area contributed by atoms with Crippen molar-refractivity contribution in [1.29, 1.82) is 0 Å². The summed E-state index contributed by atoms with van der Waals surface area (Å²) in [5, 5.41) is 0. The Kier molecular flexibility index (Phi) is 3.82. The summed E-state index contributed by atoms with van der Waals surface area (Å²) in [6.07, 6.45) is 0. The van der Waals surface area contributed by atoms with Gasteiger partial charge in [0.05, 0.1) is 0 Å². The molecule has 0 unspecified atom stereocenters. The van der Waals surface area contributed by atoms with Gasteiger partial charge in [-0.05, 0) is 0 Å². The van der Waals surface area contributed by atoms with Crippen molar-refractivity contribution < 1.29 is 45.1 Å². The maximum atomic E-state index is 3.07. The first-order valence-electron chi connectivity index (χ1n) is 3.28. The van der Waals surface area contributed by atoms with Crippen LogP contribution >= 0.6 is 0 Å². The fourth-order valence-corrected chi connectivity index (χ4v) is 1.01. The van der Waals surface area contributed by atoms with Gasteiger partial charge in [0.15, 0.2) is 0 Å². The number of nitrogens with zero attached hydrogens (tertiary/aromatic N) is 1. The molecule has 0 saturated carbocycles. The fourth-order valence-electron chi connectivity index (χ4n) is 0.756. The van der Waals surface area contributed by atoms with E-state index in [1.807, 2.05) is 18.2 Å². The van der Waals surface area contributed by atoms with Gasteiger partial charge in [0, 0.05) is 0 Å². The molecular formula is C8H10NYb. The number of para-hydroxylation sites is 1. The van der Waals surface area contributed by atoms with E-state index in [-0.39, 0.29) is 0 Å². The predicted molar refractivity (Wildman–Crippen MR) is 39.5 cm³/mol. The SMILES string of the molecule is CC[N]([Yb])c1ccccc1. The van der Waals surface area contributed by atoms with Crippen LogP contribution in [0.2, 0.25) is 0 Å². The van der Waals surface area contributed by atoms with Crippen LogP contribution in [0.15, 0.2) is 30.3 Å². The van der Waals surface area contributed by atoms with Crippen molar-refractivity contribution in [3.63, 3.8) is 0 Å². The zero-order valence-electron chi connectivity index (χ0n) is 5.81. The molecule has 0 heterocycles. The molecule has 1 nitrogen and oxygen atoms in total. The predicted octanol–water partition coefficient (Wildman–Crippen LogP) is 1.98. The summed E-state index contributed by atoms with van der Waals surface area (Å²) >= 11 is 3.07. The molecule has 0 saturated heterocycles. The van der Waals surface area contributed by atoms with Crippen molar-refractivity contribution in [3.05, 3.63) is 30.3 Å². The second-order valence-electron chi connectivity index (χ2n) is 1.95. The third-order valence-corrected chi connectivity index (χ3v) is 2.24. The van der Waals surface area contributed by atoms with Crippen molar-refractivity contribution in [3.8, 4) is 0 Å². The molecule has 1 aromatic rings. The molecule has 0 bridgehead atoms. The number of rotatable bonds is 2. The Morgan fingerprint density at radius 3 is 2.40 bits per heavy atom. The number of hydrogen-bond acceptors (Lipinski definition) is 1. The van der Waals surface area contributed by atoms with Crippen molar-refractivity contribution in [2.24, 2.45) is 0 Å². The topological polar surface area (TPSA) is 3.24 Å². The van der Waals surface area contributed by atoms with E-state index in [0.29, 0.717) is 0 Å². The van der Waals surface area contributed by atoms with Gasteiger partial charge in [0.25, 0.3) is 0 Å². The van der Waals surface area contributed by atoms with E-state index in [2.05, 4.69) is 64.3 Å². The quantitative estimate of drug-likeness (QED) is 0.806. The Labute approximate surface area is 93.5 Å². The number of anilines is 1. The van der Waals surface area contributed by atoms with Crippen LogP contribution in [-0.4, -0.2) is 6.54 Å². The van der Waals surface area contributed by atoms with Crippen molar-refractivity contribution >= 4 is 5.69 Å². The van der Waals surface area contributed by atoms with Gasteiger partial charge in [-0.1, -0.05) is 0 Å². The first-order valence-corrected chi connectivity index (χ1v) is 4.04. The van der Waals surface area contributed by atoms with Crippen LogP contribution in [-0.2, 0) is 0 Å². The molecule has 1 rings (SSSR count). The molecule has 10 heavy (non-hydrogen) atoms. The number of benzene rings is 1. The fraction of sp³-hybridized carbons (Fsp3) is 0.250. The van der Waals surface area contributed by atoms with Gasteiger partial charge in [-0.15, -0.1) is 0 Å². The minimum atomic E-state index is 0.998. The zero-order valence-corrected chi connectivity index (χ0v) is 7.52. The van der Waals surface area contributed by atoms with Crippen molar-refractivity contribution in [1.82, 2.24) is 0 Å². The van der Waals surface area contributed by atoms with Crippen molar-refractivity contribution in [2.45, 2.75) is 6.92 Å². The normalized spacial score (nSPS) is 9.50. The first-order chi connectivity index (χ1) is 4.84. The van der Waals surface area contributed by atoms with Gasteiger partial charge in [-0.3, -0.25) is 0 Å². The van der Waals surface area contributed by atoms with Crippen LogP contribution in [0.5, 0.6) is 0 Å². The molecule has 61 valence electrons. The second kappa shape index (κ2) is 4.42. The van der Waals surface area contributed by atoms with Crippen LogP contribution < -0.4 is 0.175 Å². The third-order valence-electron chi connectivity index (χ3n) is 1.25. The zero-order chi connectivity index (χ0) is 7.40. The first kappa shape index (κ1) is 8.63. The molecule has 0 radical (unpaired) electrons. The average Bonchev–Trinajstić information content (AvgIpc) is 2.05. The summed E-state index contributed by atoms with van der Waals surface area (Å²) in [7, 11) is 0. The van der Waals surface area contributed by atoms with E-state index in [9.17, 15) is 0 Å². The molecule has 2 heteroatoms. The Bertz CT molecular complexity index is 186. The van der Waals surface area contributed by atoms with Crippen LogP contribution in [0, 0.1) is 45.1 Å². The van der Waals surface area contributed by atoms with Crippen molar-refractivity contribution in [2.75, 3.05) is 6.72 Å². The van der Waals surface area contributed by atoms with E-state index >= 15 is 0 Å². The second-order valence-corrected chi connectivity index (χ2v) is 2.88. The Balaban J connectivity index is 2.75. The van der Waals surface area contributed by atoms with Crippen LogP contribution in [0.4, 0.5) is 5.69 Å². The Morgan fingerprint density at radius 2 is 1.90 bits per heavy atom. The number of hydrogen-bond donors (Lipinski definition) is 0. The summed E-state index contributed by atoms with van der Waals surface area (Å²) < 4.78 is 2.07. The third kappa shape index (κ3) is 2.30. The molecule has 0 spiro atoms. The molecule has 1 aromatic carbocycles. The summed E-state index contributed by atoms with van der Waals surface area (Å²) in [5.41, 5.74) is 1.22. The molecule has 0 N–H and O–H groups in total. The maximum absolute atomic E-state index is 3.07. The van der Waals surface area contributed by atoms with Gasteiger partial charge in [0.2, 0.25) is 0 Å². The molecule has 0 aliphatic carbocycles. The van der Waals surface area contributed by atoms with Gasteiger partial charge in [-0.25, -0.2) is 0 Å². The monoisotopic (exact) mass is 294 g/mol. The van der Waals surface area contributed by atoms with Gasteiger partial charge >= 0.3 is 94.7 Å². The summed E-state index contributed by atoms with van der Waals surface area (Å²) in [6, 6.07) is 10.2. The molecule has 0 amide bonds. The van der Waals surface area contributed by atoms with E-state index in [4.69, 9.17) is 0 Å². The standard InChI is InChI=1S/C8H10N.Yb/c1-2-9-8-6-4-3-5-7-8;/h3-7H,2H2,1H3;/q-1;+1. The average molecular weight is 293 g/mol. The van der Waals surface area contributed by atoms with Gasteiger partial charge in [-0.2, -0.15) is 0 Å². The summed E-state index contributed by atoms with van der Waals surface area (Å²) in [5.74, 6) is 0. The van der Waals surface area contributed by atoms with Crippen LogP contribution in [0.25, 0.3) is 0 Å². The molecule has 0 aliphatic rings. The van der Waals surface area contributed by atoms with Gasteiger partial charge in [0.1, 0.15) is 0 Å². The molecule has 0 atom stereocenters. The molecule has 0 aliphatic heterocycles. The Hall–Kier alpha value is 0.539.